The Hall–Kier alpha value is -3.60. The molecule has 2 aromatic carbocycles. The van der Waals surface area contributed by atoms with Crippen molar-refractivity contribution in [3.8, 4) is 81.3 Å². The molecule has 0 radical (unpaired) electrons. The molecule has 0 saturated heterocycles. The van der Waals surface area contributed by atoms with Crippen molar-refractivity contribution in [1.29, 1.82) is 0 Å². The minimum Gasteiger partial charge on any atom is -0.234 e. The van der Waals surface area contributed by atoms with E-state index in [0.717, 1.165) is 65.8 Å². The van der Waals surface area contributed by atoms with Crippen LogP contribution >= 0.6 is 136 Å². The van der Waals surface area contributed by atoms with E-state index >= 15 is 0 Å². The van der Waals surface area contributed by atoms with Gasteiger partial charge in [-0.1, -0.05) is 170 Å². The van der Waals surface area contributed by atoms with E-state index < -0.39 is 18.4 Å². The summed E-state index contributed by atoms with van der Waals surface area (Å²) in [6.45, 7) is 20.8. The summed E-state index contributed by atoms with van der Waals surface area (Å²) in [4.78, 5) is 47.5. The first-order valence-electron chi connectivity index (χ1n) is 37.3. The maximum absolute atomic E-state index is 5.63. The number of thiazole rings is 4. The third kappa shape index (κ3) is 17.4. The summed E-state index contributed by atoms with van der Waals surface area (Å²) in [6, 6.07) is 37.1. The molecular formula is C84H98N4S12Sn. The molecule has 14 rings (SSSR count). The van der Waals surface area contributed by atoms with Gasteiger partial charge in [0.05, 0.1) is 30.2 Å². The van der Waals surface area contributed by atoms with Crippen LogP contribution in [0.25, 0.3) is 122 Å². The minimum absolute atomic E-state index is 0.763. The van der Waals surface area contributed by atoms with Gasteiger partial charge in [-0.05, 0) is 71.8 Å². The molecule has 4 nitrogen and oxygen atoms in total. The molecule has 4 atom stereocenters. The van der Waals surface area contributed by atoms with Gasteiger partial charge in [-0.25, -0.2) is 9.97 Å². The van der Waals surface area contributed by atoms with Crippen molar-refractivity contribution < 1.29 is 0 Å². The molecule has 17 heteroatoms. The van der Waals surface area contributed by atoms with Gasteiger partial charge in [-0.2, -0.15) is 0 Å². The molecule has 101 heavy (non-hydrogen) atoms. The number of hydrogen-bond acceptors (Lipinski definition) is 16. The van der Waals surface area contributed by atoms with Crippen molar-refractivity contribution >= 4 is 198 Å². The Kier molecular flexibility index (Phi) is 26.2. The predicted octanol–water partition coefficient (Wildman–Crippen LogP) is 31.5. The minimum atomic E-state index is -2.29. The van der Waals surface area contributed by atoms with E-state index in [4.69, 9.17) is 19.9 Å². The van der Waals surface area contributed by atoms with Crippen LogP contribution in [0, 0.1) is 30.6 Å². The molecule has 530 valence electrons. The fraction of sp³-hybridized carbons (Fsp3) is 0.429. The molecule has 0 bridgehead atoms. The summed E-state index contributed by atoms with van der Waals surface area (Å²) in [6.07, 6.45) is 25.4. The fourth-order valence-electron chi connectivity index (χ4n) is 14.0. The number of unbranched alkanes of at least 4 members (excludes halogenated alkanes) is 4. The number of rotatable bonds is 33. The molecule has 0 saturated carbocycles. The third-order valence-electron chi connectivity index (χ3n) is 20.1. The zero-order chi connectivity index (χ0) is 70.3. The van der Waals surface area contributed by atoms with Crippen molar-refractivity contribution in [2.24, 2.45) is 23.7 Å². The fourth-order valence-corrected chi connectivity index (χ4v) is 32.3. The first-order valence-corrected chi connectivity index (χ1v) is 57.3. The van der Waals surface area contributed by atoms with E-state index in [9.17, 15) is 0 Å². The number of hydrogen-bond donors (Lipinski definition) is 0. The van der Waals surface area contributed by atoms with Gasteiger partial charge in [0, 0.05) is 30.6 Å². The molecule has 12 aromatic heterocycles. The van der Waals surface area contributed by atoms with E-state index in [1.807, 2.05) is 136 Å². The van der Waals surface area contributed by atoms with Gasteiger partial charge in [0.1, 0.15) is 10.0 Å². The molecule has 0 spiro atoms. The van der Waals surface area contributed by atoms with Gasteiger partial charge < -0.3 is 0 Å². The maximum Gasteiger partial charge on any atom is 0.134 e. The monoisotopic (exact) mass is 1670 g/mol. The second-order valence-electron chi connectivity index (χ2n) is 28.6. The van der Waals surface area contributed by atoms with Gasteiger partial charge in [0.25, 0.3) is 0 Å². The molecule has 0 N–H and O–H groups in total. The topological polar surface area (TPSA) is 51.6 Å². The van der Waals surface area contributed by atoms with Crippen LogP contribution in [0.3, 0.4) is 0 Å². The van der Waals surface area contributed by atoms with Crippen LogP contribution in [0.15, 0.2) is 108 Å². The quantitative estimate of drug-likeness (QED) is 0.0385. The molecule has 0 aliphatic heterocycles. The Morgan fingerprint density at radius 1 is 0.317 bits per heavy atom. The molecule has 0 aliphatic carbocycles. The number of benzene rings is 2. The maximum atomic E-state index is 5.63. The summed E-state index contributed by atoms with van der Waals surface area (Å²) in [5.74, 6) is 3.06. The molecule has 14 aromatic rings. The third-order valence-corrected chi connectivity index (χ3v) is 42.9. The van der Waals surface area contributed by atoms with E-state index in [0.29, 0.717) is 0 Å². The van der Waals surface area contributed by atoms with Crippen LogP contribution in [-0.2, 0) is 25.7 Å². The number of aromatic nitrogens is 4. The van der Waals surface area contributed by atoms with Crippen LogP contribution in [0.5, 0.6) is 0 Å². The summed E-state index contributed by atoms with van der Waals surface area (Å²) in [5, 5.41) is 8.94. The van der Waals surface area contributed by atoms with Crippen LogP contribution in [0.2, 0.25) is 14.8 Å². The first kappa shape index (κ1) is 75.6. The second kappa shape index (κ2) is 35.0. The van der Waals surface area contributed by atoms with E-state index in [1.165, 1.54) is 233 Å². The second-order valence-corrected chi connectivity index (χ2v) is 57.0. The predicted molar refractivity (Wildman–Crippen MR) is 468 cm³/mol. The SMILES string of the molecule is CCCCC(CC)Cc1ccc(-c2nc3c(-c4cc[c]([Sn]([CH3])([CH3])[CH3])s4)c4sc(-c5ccc(CC(CC)CCCC)s5)nc4c(-c4ccc(C)s4)c3s2)s1.CCCCC(CC)Cc1ccc(-c2nc3c(-c4cccs4)c4sc(-c5ccc(CC(CC)CCCC)s5)nc4c(-c4cccs4)c3s2)s1. The number of aryl methyl sites for hydroxylation is 1. The number of thiophene rings is 8. The molecular weight excluding hydrogens is 1570 g/mol. The summed E-state index contributed by atoms with van der Waals surface area (Å²) < 4.78 is 6.71. The van der Waals surface area contributed by atoms with Crippen molar-refractivity contribution in [3.63, 3.8) is 0 Å². The Morgan fingerprint density at radius 3 is 0.871 bits per heavy atom. The van der Waals surface area contributed by atoms with Crippen LogP contribution in [-0.4, -0.2) is 38.3 Å². The largest absolute Gasteiger partial charge is 0.234 e. The van der Waals surface area contributed by atoms with Crippen molar-refractivity contribution in [3.05, 3.63) is 132 Å². The number of fused-ring (bicyclic) bond motifs is 4. The average Bonchev–Trinajstić information content (AvgIpc) is 1.58. The Bertz CT molecular complexity index is 4640. The van der Waals surface area contributed by atoms with Gasteiger partial charge >= 0.3 is 270 Å². The van der Waals surface area contributed by atoms with Crippen LogP contribution in [0.4, 0.5) is 0 Å². The molecule has 0 aliphatic rings. The first-order chi connectivity index (χ1) is 49.2. The Labute approximate surface area is 653 Å². The zero-order valence-electron chi connectivity index (χ0n) is 61.0. The normalized spacial score (nSPS) is 13.4. The van der Waals surface area contributed by atoms with Crippen LogP contribution in [0.1, 0.15) is 183 Å². The molecule has 12 heterocycles. The Balaban J connectivity index is 0.000000181. The smallest absolute Gasteiger partial charge is 0.134 e. The molecule has 0 amide bonds. The van der Waals surface area contributed by atoms with Crippen molar-refractivity contribution in [1.82, 2.24) is 19.9 Å². The van der Waals surface area contributed by atoms with E-state index in [2.05, 4.69) is 185 Å². The van der Waals surface area contributed by atoms with Gasteiger partial charge in [-0.15, -0.1) is 68.0 Å². The summed E-state index contributed by atoms with van der Waals surface area (Å²) >= 11 is 20.5. The van der Waals surface area contributed by atoms with Crippen molar-refractivity contribution in [2.45, 2.75) is 206 Å². The standard InChI is InChI=1S/C41H45N2S6.C40H44N2S6.3CH3.Sn/c1-6-10-13-26(8-3)23-28-17-20-32(46-28)40-42-36-34(30-15-12-22-44-30)38-37(35(39(36)49-40)31-19-16-25(5)45-31)43-41(48-38)33-21-18-29(47-33)24-27(9-4)14-11-7-2;1-5-9-13-25(7-3)23-27-17-19-31(45-27)39-41-35-33(29-15-11-21-43-29)38-36(34(37(35)47-39)30-16-12-22-44-30)42-40(48-38)32-20-18-28(46-32)24-26(8-4)14-10-6-2;;;;/h12,15-21,26-27H,6-11,13-14,23-24H2,1-5H3;11-12,15-22,25-26H,5-10,13-14,23-24H2,1-4H3;3*1H3;. The average molecular weight is 1670 g/mol. The molecule has 0 fully saturated rings. The van der Waals surface area contributed by atoms with Gasteiger partial charge in [0.15, 0.2) is 0 Å². The van der Waals surface area contributed by atoms with E-state index in [-0.39, 0.29) is 0 Å². The van der Waals surface area contributed by atoms with Crippen molar-refractivity contribution in [2.75, 3.05) is 0 Å². The zero-order valence-corrected chi connectivity index (χ0v) is 73.7. The van der Waals surface area contributed by atoms with E-state index in [1.54, 1.807) is 2.89 Å². The van der Waals surface area contributed by atoms with Crippen LogP contribution < -0.4 is 2.89 Å². The molecule has 4 unspecified atom stereocenters. The number of nitrogens with zero attached hydrogens (tertiary/aromatic N) is 4. The van der Waals surface area contributed by atoms with Gasteiger partial charge in [0.2, 0.25) is 0 Å². The Morgan fingerprint density at radius 2 is 0.614 bits per heavy atom. The summed E-state index contributed by atoms with van der Waals surface area (Å²) in [5.41, 5.74) is 9.65. The van der Waals surface area contributed by atoms with Gasteiger partial charge in [-0.3, -0.25) is 0 Å². The summed E-state index contributed by atoms with van der Waals surface area (Å²) in [7, 11) is 0.